The van der Waals surface area contributed by atoms with Gasteiger partial charge in [0.25, 0.3) is 5.56 Å². The predicted molar refractivity (Wildman–Crippen MR) is 105 cm³/mol. The predicted octanol–water partition coefficient (Wildman–Crippen LogP) is 1.91. The van der Waals surface area contributed by atoms with Crippen molar-refractivity contribution >= 4 is 16.9 Å². The van der Waals surface area contributed by atoms with E-state index < -0.39 is 12.1 Å². The molecule has 0 amide bonds. The average molecular weight is 407 g/mol. The van der Waals surface area contributed by atoms with Crippen LogP contribution in [0.3, 0.4) is 0 Å². The highest BCUT2D eigenvalue weighted by atomic mass is 19.1. The van der Waals surface area contributed by atoms with Gasteiger partial charge >= 0.3 is 5.97 Å². The van der Waals surface area contributed by atoms with E-state index in [-0.39, 0.29) is 35.2 Å². The second-order valence-corrected chi connectivity index (χ2v) is 8.22. The third-order valence-electron chi connectivity index (χ3n) is 6.69. The zero-order valence-electron chi connectivity index (χ0n) is 16.2. The van der Waals surface area contributed by atoms with Crippen LogP contribution in [0.1, 0.15) is 51.9 Å². The van der Waals surface area contributed by atoms with Crippen molar-refractivity contribution in [1.82, 2.24) is 9.55 Å². The van der Waals surface area contributed by atoms with Gasteiger partial charge in [-0.3, -0.25) is 4.79 Å². The van der Waals surface area contributed by atoms with Gasteiger partial charge in [-0.05, 0) is 42.5 Å². The third kappa shape index (κ3) is 2.07. The summed E-state index contributed by atoms with van der Waals surface area (Å²) in [5.41, 5.74) is 11.5. The molecule has 152 valence electrons. The normalized spacial score (nSPS) is 21.3. The molecule has 30 heavy (non-hydrogen) atoms. The van der Waals surface area contributed by atoms with E-state index in [1.807, 2.05) is 0 Å². The molecule has 0 radical (unpaired) electrons. The molecular weight excluding hydrogens is 389 g/mol. The van der Waals surface area contributed by atoms with Crippen LogP contribution in [0.15, 0.2) is 16.9 Å². The van der Waals surface area contributed by atoms with Crippen LogP contribution >= 0.6 is 0 Å². The quantitative estimate of drug-likeness (QED) is 0.431. The number of carbonyl (C=O) groups is 1. The summed E-state index contributed by atoms with van der Waals surface area (Å²) in [7, 11) is 0. The second-order valence-electron chi connectivity index (χ2n) is 8.22. The Kier molecular flexibility index (Phi) is 3.39. The average Bonchev–Trinajstić information content (AvgIpc) is 3.09. The maximum atomic E-state index is 14.6. The SMILES string of the molecule is Cc1c(F)cc2nc3c(c4c2c1CCC4N)Cn1c-3cc2c(c1=O)COC(=O)[C@H]2O. The van der Waals surface area contributed by atoms with E-state index in [9.17, 15) is 19.1 Å². The van der Waals surface area contributed by atoms with Crippen LogP contribution in [0.4, 0.5) is 4.39 Å². The van der Waals surface area contributed by atoms with Crippen molar-refractivity contribution in [3.8, 4) is 11.4 Å². The van der Waals surface area contributed by atoms with Crippen molar-refractivity contribution in [3.63, 3.8) is 0 Å². The van der Waals surface area contributed by atoms with Crippen LogP contribution in [-0.4, -0.2) is 20.6 Å². The number of cyclic esters (lactones) is 1. The molecule has 6 rings (SSSR count). The van der Waals surface area contributed by atoms with E-state index in [1.165, 1.54) is 6.07 Å². The van der Waals surface area contributed by atoms with Gasteiger partial charge < -0.3 is 20.1 Å². The summed E-state index contributed by atoms with van der Waals surface area (Å²) < 4.78 is 21.1. The number of carbonyl (C=O) groups excluding carboxylic acids is 1. The Morgan fingerprint density at radius 3 is 2.87 bits per heavy atom. The largest absolute Gasteiger partial charge is 0.458 e. The number of nitrogens with zero attached hydrogens (tertiary/aromatic N) is 2. The molecular formula is C22H18FN3O4. The first-order chi connectivity index (χ1) is 14.4. The lowest BCUT2D eigenvalue weighted by Crippen LogP contribution is -2.32. The number of hydrogen-bond acceptors (Lipinski definition) is 6. The van der Waals surface area contributed by atoms with Crippen molar-refractivity contribution in [2.24, 2.45) is 5.73 Å². The molecule has 1 aliphatic carbocycles. The Bertz CT molecular complexity index is 1380. The molecule has 2 atom stereocenters. The number of rotatable bonds is 0. The van der Waals surface area contributed by atoms with Crippen molar-refractivity contribution in [1.29, 1.82) is 0 Å². The molecule has 3 aliphatic rings. The number of aromatic nitrogens is 2. The van der Waals surface area contributed by atoms with E-state index in [2.05, 4.69) is 0 Å². The van der Waals surface area contributed by atoms with Crippen LogP contribution < -0.4 is 11.3 Å². The Hall–Kier alpha value is -3.10. The van der Waals surface area contributed by atoms with Gasteiger partial charge in [0.1, 0.15) is 12.4 Å². The fraction of sp³-hybridized carbons (Fsp3) is 0.318. The minimum Gasteiger partial charge on any atom is -0.458 e. The summed E-state index contributed by atoms with van der Waals surface area (Å²) in [6.45, 7) is 1.89. The topological polar surface area (TPSA) is 107 Å². The number of nitrogens with two attached hydrogens (primary N) is 1. The fourth-order valence-electron chi connectivity index (χ4n) is 5.14. The van der Waals surface area contributed by atoms with Crippen LogP contribution in [-0.2, 0) is 29.1 Å². The highest BCUT2D eigenvalue weighted by Gasteiger charge is 2.36. The molecule has 3 N–H and O–H groups in total. The van der Waals surface area contributed by atoms with Gasteiger partial charge in [0.15, 0.2) is 6.10 Å². The number of ether oxygens (including phenoxy) is 1. The first-order valence-electron chi connectivity index (χ1n) is 9.88. The molecule has 0 saturated heterocycles. The van der Waals surface area contributed by atoms with Gasteiger partial charge in [-0.1, -0.05) is 0 Å². The molecule has 0 saturated carbocycles. The number of aliphatic hydroxyl groups excluding tert-OH is 1. The molecule has 7 nitrogen and oxygen atoms in total. The molecule has 0 bridgehead atoms. The van der Waals surface area contributed by atoms with E-state index in [1.54, 1.807) is 17.6 Å². The van der Waals surface area contributed by atoms with Crippen molar-refractivity contribution in [3.05, 3.63) is 61.7 Å². The standard InChI is InChI=1S/C22H18FN3O4/c1-8-9-2-3-14(24)17-11-6-26-16(19(11)25-15(18(9)17)5-13(8)23)4-10-12(21(26)28)7-30-22(29)20(10)27/h4-5,14,20,27H,2-3,6-7,24H2,1H3/t14?,20-/m0/s1. The molecule has 1 aromatic carbocycles. The van der Waals surface area contributed by atoms with E-state index in [4.69, 9.17) is 15.5 Å². The third-order valence-corrected chi connectivity index (χ3v) is 6.69. The van der Waals surface area contributed by atoms with Gasteiger partial charge in [0.2, 0.25) is 0 Å². The molecule has 0 fully saturated rings. The number of aliphatic hydroxyl groups is 1. The van der Waals surface area contributed by atoms with Crippen molar-refractivity contribution < 1.29 is 19.0 Å². The molecule has 4 heterocycles. The number of pyridine rings is 2. The highest BCUT2D eigenvalue weighted by molar-refractivity contribution is 5.93. The van der Waals surface area contributed by atoms with Crippen LogP contribution in [0.2, 0.25) is 0 Å². The molecule has 2 aromatic heterocycles. The van der Waals surface area contributed by atoms with Crippen LogP contribution in [0.25, 0.3) is 22.3 Å². The van der Waals surface area contributed by atoms with E-state index in [0.717, 1.165) is 22.1 Å². The maximum Gasteiger partial charge on any atom is 0.340 e. The molecule has 1 unspecified atom stereocenters. The lowest BCUT2D eigenvalue weighted by molar-refractivity contribution is -0.157. The van der Waals surface area contributed by atoms with Gasteiger partial charge in [0, 0.05) is 28.6 Å². The van der Waals surface area contributed by atoms with E-state index >= 15 is 0 Å². The number of aryl methyl sites for hydroxylation is 1. The second kappa shape index (κ2) is 5.74. The zero-order valence-corrected chi connectivity index (χ0v) is 16.2. The number of halogens is 1. The first-order valence-corrected chi connectivity index (χ1v) is 9.88. The van der Waals surface area contributed by atoms with Crippen LogP contribution in [0.5, 0.6) is 0 Å². The highest BCUT2D eigenvalue weighted by Crippen LogP contribution is 2.44. The zero-order chi connectivity index (χ0) is 20.9. The minimum absolute atomic E-state index is 0.170. The Balaban J connectivity index is 1.70. The number of esters is 1. The number of benzene rings is 1. The molecule has 2 aliphatic heterocycles. The first kappa shape index (κ1) is 17.7. The van der Waals surface area contributed by atoms with Crippen LogP contribution in [0, 0.1) is 12.7 Å². The van der Waals surface area contributed by atoms with Crippen molar-refractivity contribution in [2.45, 2.75) is 45.1 Å². The lowest BCUT2D eigenvalue weighted by Gasteiger charge is -2.26. The van der Waals surface area contributed by atoms with Gasteiger partial charge in [-0.2, -0.15) is 0 Å². The molecule has 8 heteroatoms. The summed E-state index contributed by atoms with van der Waals surface area (Å²) in [6.07, 6.45) is -0.142. The van der Waals surface area contributed by atoms with Crippen molar-refractivity contribution in [2.75, 3.05) is 0 Å². The van der Waals surface area contributed by atoms with Gasteiger partial charge in [-0.15, -0.1) is 0 Å². The Labute approximate surface area is 169 Å². The van der Waals surface area contributed by atoms with E-state index in [0.29, 0.717) is 41.9 Å². The maximum absolute atomic E-state index is 14.6. The Morgan fingerprint density at radius 2 is 2.07 bits per heavy atom. The summed E-state index contributed by atoms with van der Waals surface area (Å²) in [4.78, 5) is 29.6. The molecule has 3 aromatic rings. The Morgan fingerprint density at radius 1 is 1.27 bits per heavy atom. The fourth-order valence-corrected chi connectivity index (χ4v) is 5.14. The summed E-state index contributed by atoms with van der Waals surface area (Å²) in [5.74, 6) is -1.10. The molecule has 0 spiro atoms. The summed E-state index contributed by atoms with van der Waals surface area (Å²) in [6, 6.07) is 2.80. The summed E-state index contributed by atoms with van der Waals surface area (Å²) in [5, 5.41) is 11.1. The monoisotopic (exact) mass is 407 g/mol. The summed E-state index contributed by atoms with van der Waals surface area (Å²) >= 11 is 0. The number of fused-ring (bicyclic) bond motifs is 5. The van der Waals surface area contributed by atoms with Gasteiger partial charge in [0.05, 0.1) is 29.0 Å². The van der Waals surface area contributed by atoms with Gasteiger partial charge in [-0.25, -0.2) is 14.2 Å². The minimum atomic E-state index is -1.51. The smallest absolute Gasteiger partial charge is 0.340 e. The lowest BCUT2D eigenvalue weighted by atomic mass is 9.82. The number of hydrogen-bond donors (Lipinski definition) is 2.